The third-order valence-corrected chi connectivity index (χ3v) is 6.71. The summed E-state index contributed by atoms with van der Waals surface area (Å²) in [4.78, 5) is 62.7. The number of carbonyl (C=O) groups is 5. The largest absolute Gasteiger partial charge is 0.480 e. The predicted octanol–water partition coefficient (Wildman–Crippen LogP) is 5.44. The van der Waals surface area contributed by atoms with Gasteiger partial charge < -0.3 is 30.0 Å². The van der Waals surface area contributed by atoms with Gasteiger partial charge >= 0.3 is 24.2 Å². The molecule has 3 N–H and O–H groups in total. The summed E-state index contributed by atoms with van der Waals surface area (Å²) in [7, 11) is 0. The molecule has 12 nitrogen and oxygen atoms in total. The molecule has 3 rings (SSSR count). The Morgan fingerprint density at radius 2 is 1.33 bits per heavy atom. The zero-order valence-corrected chi connectivity index (χ0v) is 26.7. The maximum atomic E-state index is 12.6. The Balaban J connectivity index is 1.45. The zero-order valence-electron chi connectivity index (χ0n) is 26.7. The number of rotatable bonds is 11. The fraction of sp³-hybridized carbons (Fsp3) is 0.485. The quantitative estimate of drug-likeness (QED) is 0.218. The van der Waals surface area contributed by atoms with E-state index in [0.717, 1.165) is 22.3 Å². The lowest BCUT2D eigenvalue weighted by Crippen LogP contribution is -2.48. The van der Waals surface area contributed by atoms with Crippen LogP contribution in [0.3, 0.4) is 0 Å². The summed E-state index contributed by atoms with van der Waals surface area (Å²) in [6.07, 6.45) is -2.05. The Hall–Kier alpha value is -4.61. The summed E-state index contributed by atoms with van der Waals surface area (Å²) in [5, 5.41) is 14.7. The molecule has 1 aliphatic carbocycles. The molecule has 2 aromatic carbocycles. The summed E-state index contributed by atoms with van der Waals surface area (Å²) in [5.41, 5.74) is 2.46. The Bertz CT molecular complexity index is 1320. The highest BCUT2D eigenvalue weighted by Crippen LogP contribution is 2.44. The first-order valence-electron chi connectivity index (χ1n) is 14.9. The van der Waals surface area contributed by atoms with E-state index < -0.39 is 53.9 Å². The van der Waals surface area contributed by atoms with Crippen LogP contribution in [0.15, 0.2) is 48.5 Å². The number of alkyl carbamates (subject to hydrolysis) is 1. The van der Waals surface area contributed by atoms with Crippen molar-refractivity contribution in [1.29, 1.82) is 0 Å². The van der Waals surface area contributed by atoms with Gasteiger partial charge in [0.15, 0.2) is 0 Å². The van der Waals surface area contributed by atoms with Gasteiger partial charge in [-0.15, -0.1) is 0 Å². The van der Waals surface area contributed by atoms with E-state index in [2.05, 4.69) is 10.6 Å². The molecular weight excluding hydrogens is 582 g/mol. The molecule has 0 saturated carbocycles. The van der Waals surface area contributed by atoms with Gasteiger partial charge in [-0.05, 0) is 83.1 Å². The molecule has 0 saturated heterocycles. The van der Waals surface area contributed by atoms with Gasteiger partial charge in [-0.1, -0.05) is 48.5 Å². The van der Waals surface area contributed by atoms with E-state index in [0.29, 0.717) is 17.7 Å². The summed E-state index contributed by atoms with van der Waals surface area (Å²) in [6.45, 7) is 9.36. The van der Waals surface area contributed by atoms with Crippen molar-refractivity contribution in [3.8, 4) is 11.1 Å². The SMILES string of the molecule is CC(C)(C)OC(=O)N(CC(=O)NCCCC[C@H](NC(=O)OCC1c2ccccc2-c2ccccc21)C(=O)O)C(=O)OC(C)(C)C. The third kappa shape index (κ3) is 10.5. The Kier molecular flexibility index (Phi) is 11.6. The maximum Gasteiger partial charge on any atom is 0.420 e. The van der Waals surface area contributed by atoms with E-state index in [9.17, 15) is 29.1 Å². The van der Waals surface area contributed by atoms with Gasteiger partial charge in [0.25, 0.3) is 0 Å². The van der Waals surface area contributed by atoms with E-state index in [1.165, 1.54) is 0 Å². The fourth-order valence-corrected chi connectivity index (χ4v) is 4.78. The van der Waals surface area contributed by atoms with Gasteiger partial charge in [-0.25, -0.2) is 24.1 Å². The van der Waals surface area contributed by atoms with Crippen LogP contribution in [0.5, 0.6) is 0 Å². The van der Waals surface area contributed by atoms with Gasteiger partial charge in [0.1, 0.15) is 30.4 Å². The Morgan fingerprint density at radius 1 is 0.822 bits per heavy atom. The van der Waals surface area contributed by atoms with Crippen molar-refractivity contribution in [1.82, 2.24) is 15.5 Å². The molecule has 0 fully saturated rings. The summed E-state index contributed by atoms with van der Waals surface area (Å²) in [6, 6.07) is 14.6. The number of carbonyl (C=O) groups excluding carboxylic acids is 4. The molecular formula is C33H43N3O9. The number of hydrogen-bond acceptors (Lipinski definition) is 8. The lowest BCUT2D eigenvalue weighted by molar-refractivity contribution is -0.139. The predicted molar refractivity (Wildman–Crippen MR) is 166 cm³/mol. The standard InChI is InChI=1S/C33H43N3O9/c1-32(2,3)44-30(41)36(31(42)45-33(4,5)6)19-27(37)34-18-12-11-17-26(28(38)39)35-29(40)43-20-25-23-15-9-7-13-21(23)22-14-8-10-16-24(22)25/h7-10,13-16,25-26H,11-12,17-20H2,1-6H3,(H,34,37)(H,35,40)(H,38,39)/t26-/m0/s1. The molecule has 0 aliphatic heterocycles. The first kappa shape index (κ1) is 34.9. The first-order chi connectivity index (χ1) is 21.1. The molecule has 2 aromatic rings. The van der Waals surface area contributed by atoms with E-state index in [1.807, 2.05) is 48.5 Å². The number of fused-ring (bicyclic) bond motifs is 3. The lowest BCUT2D eigenvalue weighted by Gasteiger charge is -2.28. The molecule has 0 bridgehead atoms. The second-order valence-corrected chi connectivity index (χ2v) is 12.8. The highest BCUT2D eigenvalue weighted by molar-refractivity contribution is 5.93. The van der Waals surface area contributed by atoms with E-state index in [-0.39, 0.29) is 25.5 Å². The molecule has 12 heteroatoms. The van der Waals surface area contributed by atoms with Crippen LogP contribution in [0.4, 0.5) is 14.4 Å². The van der Waals surface area contributed by atoms with Crippen molar-refractivity contribution in [3.63, 3.8) is 0 Å². The Morgan fingerprint density at radius 3 is 1.82 bits per heavy atom. The van der Waals surface area contributed by atoms with E-state index >= 15 is 0 Å². The van der Waals surface area contributed by atoms with E-state index in [4.69, 9.17) is 14.2 Å². The minimum Gasteiger partial charge on any atom is -0.480 e. The molecule has 244 valence electrons. The number of imide groups is 1. The third-order valence-electron chi connectivity index (χ3n) is 6.71. The van der Waals surface area contributed by atoms with Crippen LogP contribution in [0.25, 0.3) is 11.1 Å². The number of aliphatic carboxylic acids is 1. The number of ether oxygens (including phenoxy) is 3. The number of carboxylic acids is 1. The van der Waals surface area contributed by atoms with E-state index in [1.54, 1.807) is 41.5 Å². The number of carboxylic acid groups (broad SMARTS) is 1. The highest BCUT2D eigenvalue weighted by Gasteiger charge is 2.33. The van der Waals surface area contributed by atoms with Crippen LogP contribution >= 0.6 is 0 Å². The van der Waals surface area contributed by atoms with Gasteiger partial charge in [-0.3, -0.25) is 4.79 Å². The summed E-state index contributed by atoms with van der Waals surface area (Å²) < 4.78 is 16.0. The molecule has 0 heterocycles. The molecule has 0 unspecified atom stereocenters. The lowest BCUT2D eigenvalue weighted by atomic mass is 9.98. The van der Waals surface area contributed by atoms with Crippen LogP contribution in [-0.2, 0) is 23.8 Å². The maximum absolute atomic E-state index is 12.6. The molecule has 1 aliphatic rings. The average molecular weight is 626 g/mol. The molecule has 0 radical (unpaired) electrons. The number of benzene rings is 2. The summed E-state index contributed by atoms with van der Waals surface area (Å²) in [5.74, 6) is -1.99. The molecule has 0 spiro atoms. The van der Waals surface area contributed by atoms with Crippen LogP contribution < -0.4 is 10.6 Å². The second-order valence-electron chi connectivity index (χ2n) is 12.8. The van der Waals surface area contributed by atoms with Crippen molar-refractivity contribution in [2.24, 2.45) is 0 Å². The van der Waals surface area contributed by atoms with Crippen molar-refractivity contribution in [2.45, 2.75) is 84.0 Å². The van der Waals surface area contributed by atoms with Crippen molar-refractivity contribution in [2.75, 3.05) is 19.7 Å². The second kappa shape index (κ2) is 14.9. The molecule has 45 heavy (non-hydrogen) atoms. The molecule has 0 aromatic heterocycles. The molecule has 1 atom stereocenters. The van der Waals surface area contributed by atoms with Crippen LogP contribution in [0.1, 0.15) is 77.8 Å². The monoisotopic (exact) mass is 625 g/mol. The van der Waals surface area contributed by atoms with Crippen LogP contribution in [0, 0.1) is 0 Å². The number of unbranched alkanes of at least 4 members (excludes halogenated alkanes) is 1. The van der Waals surface area contributed by atoms with Gasteiger partial charge in [0, 0.05) is 12.5 Å². The number of hydrogen-bond donors (Lipinski definition) is 3. The van der Waals surface area contributed by atoms with Gasteiger partial charge in [0.2, 0.25) is 5.91 Å². The topological polar surface area (TPSA) is 161 Å². The first-order valence-corrected chi connectivity index (χ1v) is 14.9. The minimum absolute atomic E-state index is 0.0574. The number of nitrogens with one attached hydrogen (secondary N) is 2. The van der Waals surface area contributed by atoms with Crippen molar-refractivity contribution >= 4 is 30.2 Å². The Labute approximate surface area is 263 Å². The van der Waals surface area contributed by atoms with Crippen LogP contribution in [0.2, 0.25) is 0 Å². The highest BCUT2D eigenvalue weighted by atomic mass is 16.6. The minimum atomic E-state index is -1.21. The van der Waals surface area contributed by atoms with Gasteiger partial charge in [0.05, 0.1) is 0 Å². The van der Waals surface area contributed by atoms with Crippen molar-refractivity contribution < 1.29 is 43.3 Å². The van der Waals surface area contributed by atoms with Gasteiger partial charge in [-0.2, -0.15) is 0 Å². The van der Waals surface area contributed by atoms with Crippen LogP contribution in [-0.4, -0.2) is 77.1 Å². The smallest absolute Gasteiger partial charge is 0.420 e. The normalized spacial score (nSPS) is 13.1. The number of nitrogens with zero attached hydrogens (tertiary/aromatic N) is 1. The summed E-state index contributed by atoms with van der Waals surface area (Å²) >= 11 is 0. The fourth-order valence-electron chi connectivity index (χ4n) is 4.78. The average Bonchev–Trinajstić information content (AvgIpc) is 3.25. The zero-order chi connectivity index (χ0) is 33.4. The number of amides is 4. The molecule has 4 amide bonds. The van der Waals surface area contributed by atoms with Crippen molar-refractivity contribution in [3.05, 3.63) is 59.7 Å².